The molecule has 0 saturated carbocycles. The fraction of sp³-hybridized carbons (Fsp3) is 0.846. The van der Waals surface area contributed by atoms with E-state index in [9.17, 15) is 22.8 Å². The Kier molecular flexibility index (Phi) is 5.47. The van der Waals surface area contributed by atoms with Crippen molar-refractivity contribution < 1.29 is 27.9 Å². The lowest BCUT2D eigenvalue weighted by Crippen LogP contribution is -2.52. The summed E-state index contributed by atoms with van der Waals surface area (Å²) in [5.41, 5.74) is -0.712. The quantitative estimate of drug-likeness (QED) is 0.838. The number of hydrogen-bond acceptors (Lipinski definition) is 2. The molecule has 1 heterocycles. The molecule has 0 aromatic heterocycles. The van der Waals surface area contributed by atoms with Gasteiger partial charge in [-0.2, -0.15) is 13.2 Å². The molecule has 0 aromatic rings. The van der Waals surface area contributed by atoms with E-state index in [0.717, 1.165) is 0 Å². The van der Waals surface area contributed by atoms with Gasteiger partial charge in [0.2, 0.25) is 0 Å². The van der Waals surface area contributed by atoms with Crippen LogP contribution in [0.1, 0.15) is 39.5 Å². The fourth-order valence-electron chi connectivity index (χ4n) is 2.26. The highest BCUT2D eigenvalue weighted by Crippen LogP contribution is 2.34. The van der Waals surface area contributed by atoms with E-state index in [0.29, 0.717) is 0 Å². The van der Waals surface area contributed by atoms with E-state index in [4.69, 9.17) is 5.11 Å². The second-order valence-corrected chi connectivity index (χ2v) is 6.01. The summed E-state index contributed by atoms with van der Waals surface area (Å²) in [5.74, 6) is -2.30. The van der Waals surface area contributed by atoms with Crippen LogP contribution in [0, 0.1) is 5.92 Å². The summed E-state index contributed by atoms with van der Waals surface area (Å²) in [7, 11) is 0. The van der Waals surface area contributed by atoms with Gasteiger partial charge in [0.1, 0.15) is 0 Å². The molecular formula is C13H21F3N2O3. The van der Waals surface area contributed by atoms with Crippen molar-refractivity contribution in [2.75, 3.05) is 13.1 Å². The number of carbonyl (C=O) groups is 2. The van der Waals surface area contributed by atoms with Crippen molar-refractivity contribution in [1.29, 1.82) is 0 Å². The zero-order valence-corrected chi connectivity index (χ0v) is 12.2. The van der Waals surface area contributed by atoms with Crippen molar-refractivity contribution in [3.63, 3.8) is 0 Å². The number of carboxylic acid groups (broad SMARTS) is 1. The average Bonchev–Trinajstić information content (AvgIpc) is 2.35. The molecule has 0 aliphatic carbocycles. The third-order valence-corrected chi connectivity index (χ3v) is 3.65. The maximum Gasteiger partial charge on any atom is 0.391 e. The van der Waals surface area contributed by atoms with Gasteiger partial charge in [0, 0.05) is 25.0 Å². The molecule has 2 N–H and O–H groups in total. The van der Waals surface area contributed by atoms with E-state index >= 15 is 0 Å². The minimum atomic E-state index is -4.21. The van der Waals surface area contributed by atoms with Gasteiger partial charge in [0.15, 0.2) is 0 Å². The Morgan fingerprint density at radius 1 is 1.24 bits per heavy atom. The number of nitrogens with zero attached hydrogens (tertiary/aromatic N) is 1. The number of carbonyl (C=O) groups excluding carboxylic acids is 1. The van der Waals surface area contributed by atoms with Gasteiger partial charge in [-0.3, -0.25) is 4.79 Å². The van der Waals surface area contributed by atoms with Gasteiger partial charge in [-0.15, -0.1) is 0 Å². The minimum absolute atomic E-state index is 0.0605. The monoisotopic (exact) mass is 310 g/mol. The minimum Gasteiger partial charge on any atom is -0.481 e. The zero-order chi connectivity index (χ0) is 16.3. The van der Waals surface area contributed by atoms with E-state index in [-0.39, 0.29) is 38.8 Å². The molecule has 0 atom stereocenters. The molecule has 1 aliphatic heterocycles. The Hall–Kier alpha value is -1.47. The first-order chi connectivity index (χ1) is 9.51. The Labute approximate surface area is 121 Å². The summed E-state index contributed by atoms with van der Waals surface area (Å²) in [6.07, 6.45) is -4.21. The van der Waals surface area contributed by atoms with Crippen molar-refractivity contribution in [2.45, 2.75) is 51.2 Å². The van der Waals surface area contributed by atoms with Crippen LogP contribution in [0.3, 0.4) is 0 Å². The first-order valence-electron chi connectivity index (χ1n) is 6.87. The molecule has 2 amide bonds. The highest BCUT2D eigenvalue weighted by atomic mass is 19.4. The molecule has 1 fully saturated rings. The summed E-state index contributed by atoms with van der Waals surface area (Å²) >= 11 is 0. The number of nitrogens with one attached hydrogen (secondary N) is 1. The summed E-state index contributed by atoms with van der Waals surface area (Å²) in [4.78, 5) is 23.9. The van der Waals surface area contributed by atoms with Crippen LogP contribution in [-0.2, 0) is 4.79 Å². The molecule has 1 aliphatic rings. The lowest BCUT2D eigenvalue weighted by molar-refractivity contribution is -0.183. The van der Waals surface area contributed by atoms with Gasteiger partial charge in [0.25, 0.3) is 0 Å². The van der Waals surface area contributed by atoms with Crippen LogP contribution < -0.4 is 5.32 Å². The molecule has 5 nitrogen and oxygen atoms in total. The van der Waals surface area contributed by atoms with Crippen LogP contribution in [0.2, 0.25) is 0 Å². The normalized spacial score (nSPS) is 17.7. The Balaban J connectivity index is 2.45. The standard InChI is InChI=1S/C13H21F3N2O3/c1-12(2,6-3-10(19)20)17-11(21)18-7-4-9(5-8-18)13(14,15)16/h9H,3-8H2,1-2H3,(H,17,21)(H,19,20). The number of amides is 2. The highest BCUT2D eigenvalue weighted by molar-refractivity contribution is 5.75. The van der Waals surface area contributed by atoms with Gasteiger partial charge < -0.3 is 15.3 Å². The second-order valence-electron chi connectivity index (χ2n) is 6.01. The van der Waals surface area contributed by atoms with Gasteiger partial charge in [-0.05, 0) is 33.1 Å². The molecule has 0 radical (unpaired) electrons. The van der Waals surface area contributed by atoms with Gasteiger partial charge >= 0.3 is 18.2 Å². The maximum atomic E-state index is 12.5. The Morgan fingerprint density at radius 3 is 2.19 bits per heavy atom. The van der Waals surface area contributed by atoms with Crippen molar-refractivity contribution >= 4 is 12.0 Å². The summed E-state index contributed by atoms with van der Waals surface area (Å²) in [6, 6.07) is -0.439. The van der Waals surface area contributed by atoms with Gasteiger partial charge in [0.05, 0.1) is 5.92 Å². The molecule has 0 unspecified atom stereocenters. The maximum absolute atomic E-state index is 12.5. The number of aliphatic carboxylic acids is 1. The lowest BCUT2D eigenvalue weighted by Gasteiger charge is -2.35. The van der Waals surface area contributed by atoms with Crippen LogP contribution >= 0.6 is 0 Å². The molecule has 0 bridgehead atoms. The van der Waals surface area contributed by atoms with Crippen LogP contribution in [0.4, 0.5) is 18.0 Å². The average molecular weight is 310 g/mol. The molecular weight excluding hydrogens is 289 g/mol. The summed E-state index contributed by atoms with van der Waals surface area (Å²) in [6.45, 7) is 3.50. The molecule has 1 rings (SSSR count). The van der Waals surface area contributed by atoms with Crippen molar-refractivity contribution in [3.8, 4) is 0 Å². The lowest BCUT2D eigenvalue weighted by atomic mass is 9.96. The van der Waals surface area contributed by atoms with Crippen LogP contribution in [0.25, 0.3) is 0 Å². The van der Waals surface area contributed by atoms with Gasteiger partial charge in [-0.25, -0.2) is 4.79 Å². The van der Waals surface area contributed by atoms with Gasteiger partial charge in [-0.1, -0.05) is 0 Å². The van der Waals surface area contributed by atoms with E-state index in [2.05, 4.69) is 5.32 Å². The second kappa shape index (κ2) is 6.53. The molecule has 0 spiro atoms. The third-order valence-electron chi connectivity index (χ3n) is 3.65. The number of urea groups is 1. The fourth-order valence-corrected chi connectivity index (χ4v) is 2.26. The first-order valence-corrected chi connectivity index (χ1v) is 6.87. The smallest absolute Gasteiger partial charge is 0.391 e. The Morgan fingerprint density at radius 2 is 1.76 bits per heavy atom. The van der Waals surface area contributed by atoms with E-state index < -0.39 is 29.6 Å². The molecule has 122 valence electrons. The number of rotatable bonds is 4. The van der Waals surface area contributed by atoms with Crippen molar-refractivity contribution in [2.24, 2.45) is 5.92 Å². The largest absolute Gasteiger partial charge is 0.481 e. The SMILES string of the molecule is CC(C)(CCC(=O)O)NC(=O)N1CCC(C(F)(F)F)CC1. The Bertz CT molecular complexity index is 389. The van der Waals surface area contributed by atoms with Crippen molar-refractivity contribution in [3.05, 3.63) is 0 Å². The number of carboxylic acids is 1. The zero-order valence-electron chi connectivity index (χ0n) is 12.2. The molecule has 8 heteroatoms. The molecule has 1 saturated heterocycles. The third kappa shape index (κ3) is 5.81. The topological polar surface area (TPSA) is 69.6 Å². The van der Waals surface area contributed by atoms with Crippen molar-refractivity contribution in [1.82, 2.24) is 10.2 Å². The predicted molar refractivity (Wildman–Crippen MR) is 69.8 cm³/mol. The number of halogens is 3. The van der Waals surface area contributed by atoms with Crippen LogP contribution in [0.5, 0.6) is 0 Å². The first kappa shape index (κ1) is 17.6. The van der Waals surface area contributed by atoms with Crippen LogP contribution in [0.15, 0.2) is 0 Å². The predicted octanol–water partition coefficient (Wildman–Crippen LogP) is 2.61. The van der Waals surface area contributed by atoms with E-state index in [1.165, 1.54) is 4.90 Å². The molecule has 0 aromatic carbocycles. The summed E-state index contributed by atoms with van der Waals surface area (Å²) < 4.78 is 37.6. The van der Waals surface area contributed by atoms with E-state index in [1.807, 2.05) is 0 Å². The number of piperidine rings is 1. The number of hydrogen-bond donors (Lipinski definition) is 2. The highest BCUT2D eigenvalue weighted by Gasteiger charge is 2.42. The molecule has 21 heavy (non-hydrogen) atoms. The van der Waals surface area contributed by atoms with Crippen LogP contribution in [-0.4, -0.2) is 46.8 Å². The summed E-state index contributed by atoms with van der Waals surface area (Å²) in [5, 5.41) is 11.3. The van der Waals surface area contributed by atoms with E-state index in [1.54, 1.807) is 13.8 Å². The number of alkyl halides is 3. The number of likely N-dealkylation sites (tertiary alicyclic amines) is 1.